The molecule has 0 radical (unpaired) electrons. The molecule has 1 saturated heterocycles. The predicted octanol–water partition coefficient (Wildman–Crippen LogP) is 0.336. The average Bonchev–Trinajstić information content (AvgIpc) is 2.71. The number of hydrogen-bond donors (Lipinski definition) is 1. The van der Waals surface area contributed by atoms with Crippen LogP contribution in [0.2, 0.25) is 0 Å². The third-order valence-corrected chi connectivity index (χ3v) is 3.17. The lowest BCUT2D eigenvalue weighted by molar-refractivity contribution is -0.0308. The predicted molar refractivity (Wildman–Crippen MR) is 54.2 cm³/mol. The second-order valence-corrected chi connectivity index (χ2v) is 4.32. The van der Waals surface area contributed by atoms with Gasteiger partial charge in [0, 0.05) is 24.2 Å². The van der Waals surface area contributed by atoms with Gasteiger partial charge in [0.1, 0.15) is 0 Å². The summed E-state index contributed by atoms with van der Waals surface area (Å²) >= 11 is 1.65. The van der Waals surface area contributed by atoms with E-state index in [4.69, 9.17) is 9.84 Å². The van der Waals surface area contributed by atoms with Crippen LogP contribution in [0.3, 0.4) is 0 Å². The van der Waals surface area contributed by atoms with Crippen molar-refractivity contribution in [3.8, 4) is 0 Å². The van der Waals surface area contributed by atoms with Crippen LogP contribution in [-0.4, -0.2) is 47.4 Å². The van der Waals surface area contributed by atoms with Crippen molar-refractivity contribution in [1.82, 2.24) is 9.88 Å². The zero-order chi connectivity index (χ0) is 9.80. The van der Waals surface area contributed by atoms with Crippen LogP contribution in [0.25, 0.3) is 0 Å². The third-order valence-electron chi connectivity index (χ3n) is 2.40. The molecular formula is C9H14N2O2S. The number of hydrogen-bond acceptors (Lipinski definition) is 5. The van der Waals surface area contributed by atoms with Crippen LogP contribution >= 0.6 is 11.3 Å². The van der Waals surface area contributed by atoms with Crippen LogP contribution in [0.1, 0.15) is 4.88 Å². The van der Waals surface area contributed by atoms with Gasteiger partial charge in [-0.05, 0) is 0 Å². The van der Waals surface area contributed by atoms with E-state index in [2.05, 4.69) is 9.88 Å². The van der Waals surface area contributed by atoms with E-state index in [1.807, 2.05) is 11.7 Å². The second kappa shape index (κ2) is 4.84. The molecule has 2 heterocycles. The summed E-state index contributed by atoms with van der Waals surface area (Å²) in [6, 6.07) is 0.144. The fraction of sp³-hybridized carbons (Fsp3) is 0.667. The summed E-state index contributed by atoms with van der Waals surface area (Å²) in [4.78, 5) is 7.52. The highest BCUT2D eigenvalue weighted by molar-refractivity contribution is 7.09. The van der Waals surface area contributed by atoms with Crippen LogP contribution in [0.4, 0.5) is 0 Å². The van der Waals surface area contributed by atoms with Gasteiger partial charge in [-0.25, -0.2) is 0 Å². The highest BCUT2D eigenvalue weighted by Crippen LogP contribution is 2.14. The van der Waals surface area contributed by atoms with Gasteiger partial charge in [0.2, 0.25) is 0 Å². The molecule has 1 aromatic rings. The van der Waals surface area contributed by atoms with Crippen LogP contribution in [0.5, 0.6) is 0 Å². The second-order valence-electron chi connectivity index (χ2n) is 3.35. The number of thiazole rings is 1. The van der Waals surface area contributed by atoms with Crippen LogP contribution in [-0.2, 0) is 11.3 Å². The Morgan fingerprint density at radius 1 is 1.71 bits per heavy atom. The average molecular weight is 214 g/mol. The molecule has 1 atom stereocenters. The van der Waals surface area contributed by atoms with Gasteiger partial charge in [0.05, 0.1) is 31.4 Å². The fourth-order valence-electron chi connectivity index (χ4n) is 1.59. The first-order valence-corrected chi connectivity index (χ1v) is 5.58. The lowest BCUT2D eigenvalue weighted by Gasteiger charge is -2.33. The monoisotopic (exact) mass is 214 g/mol. The van der Waals surface area contributed by atoms with Gasteiger partial charge in [0.15, 0.2) is 0 Å². The molecule has 14 heavy (non-hydrogen) atoms. The molecule has 78 valence electrons. The maximum absolute atomic E-state index is 9.16. The summed E-state index contributed by atoms with van der Waals surface area (Å²) in [6.45, 7) is 3.33. The number of ether oxygens (including phenoxy) is 1. The zero-order valence-electron chi connectivity index (χ0n) is 7.93. The molecule has 0 saturated carbocycles. The minimum atomic E-state index is 0.144. The highest BCUT2D eigenvalue weighted by Gasteiger charge is 2.22. The van der Waals surface area contributed by atoms with Crippen molar-refractivity contribution in [3.63, 3.8) is 0 Å². The number of aliphatic hydroxyl groups excluding tert-OH is 1. The summed E-state index contributed by atoms with van der Waals surface area (Å²) in [6.07, 6.45) is 1.88. The van der Waals surface area contributed by atoms with Crippen molar-refractivity contribution < 1.29 is 9.84 Å². The number of aliphatic hydroxyl groups is 1. The largest absolute Gasteiger partial charge is 0.395 e. The van der Waals surface area contributed by atoms with Crippen LogP contribution < -0.4 is 0 Å². The van der Waals surface area contributed by atoms with E-state index in [0.717, 1.165) is 19.7 Å². The summed E-state index contributed by atoms with van der Waals surface area (Å²) in [5.41, 5.74) is 1.84. The van der Waals surface area contributed by atoms with E-state index in [9.17, 15) is 0 Å². The molecule has 0 aromatic carbocycles. The number of nitrogens with zero attached hydrogens (tertiary/aromatic N) is 2. The standard InChI is InChI=1S/C9H14N2O2S/c12-5-8-6-13-2-1-11(8)4-9-3-10-7-14-9/h3,7-8,12H,1-2,4-6H2. The third kappa shape index (κ3) is 2.30. The summed E-state index contributed by atoms with van der Waals surface area (Å²) in [7, 11) is 0. The maximum atomic E-state index is 9.16. The first-order valence-electron chi connectivity index (χ1n) is 4.70. The summed E-state index contributed by atoms with van der Waals surface area (Å²) in [5, 5.41) is 9.16. The van der Waals surface area contributed by atoms with E-state index in [-0.39, 0.29) is 12.6 Å². The van der Waals surface area contributed by atoms with Crippen molar-refractivity contribution in [3.05, 3.63) is 16.6 Å². The quantitative estimate of drug-likeness (QED) is 0.788. The Hall–Kier alpha value is -0.490. The molecular weight excluding hydrogens is 200 g/mol. The van der Waals surface area contributed by atoms with Crippen molar-refractivity contribution in [1.29, 1.82) is 0 Å². The van der Waals surface area contributed by atoms with E-state index < -0.39 is 0 Å². The molecule has 1 aromatic heterocycles. The van der Waals surface area contributed by atoms with Crippen molar-refractivity contribution in [2.75, 3.05) is 26.4 Å². The van der Waals surface area contributed by atoms with Gasteiger partial charge in [-0.3, -0.25) is 9.88 Å². The van der Waals surface area contributed by atoms with Crippen molar-refractivity contribution in [2.45, 2.75) is 12.6 Å². The van der Waals surface area contributed by atoms with Gasteiger partial charge in [-0.15, -0.1) is 11.3 Å². The fourth-order valence-corrected chi connectivity index (χ4v) is 2.21. The van der Waals surface area contributed by atoms with Crippen molar-refractivity contribution >= 4 is 11.3 Å². The molecule has 0 aliphatic carbocycles. The lowest BCUT2D eigenvalue weighted by Crippen LogP contribution is -2.46. The Labute approximate surface area is 87.1 Å². The first-order chi connectivity index (χ1) is 6.90. The Balaban J connectivity index is 1.94. The molecule has 1 aliphatic heterocycles. The van der Waals surface area contributed by atoms with Crippen LogP contribution in [0.15, 0.2) is 11.7 Å². The van der Waals surface area contributed by atoms with Crippen molar-refractivity contribution in [2.24, 2.45) is 0 Å². The van der Waals surface area contributed by atoms with E-state index in [1.165, 1.54) is 4.88 Å². The smallest absolute Gasteiger partial charge is 0.0794 e. The maximum Gasteiger partial charge on any atom is 0.0794 e. The molecule has 4 nitrogen and oxygen atoms in total. The lowest BCUT2D eigenvalue weighted by atomic mass is 10.2. The van der Waals surface area contributed by atoms with E-state index in [0.29, 0.717) is 6.61 Å². The van der Waals surface area contributed by atoms with Crippen LogP contribution in [0, 0.1) is 0 Å². The molecule has 1 N–H and O–H groups in total. The van der Waals surface area contributed by atoms with Gasteiger partial charge in [-0.1, -0.05) is 0 Å². The molecule has 0 amide bonds. The van der Waals surface area contributed by atoms with Gasteiger partial charge >= 0.3 is 0 Å². The first kappa shape index (κ1) is 10.0. The van der Waals surface area contributed by atoms with Gasteiger partial charge in [0.25, 0.3) is 0 Å². The molecule has 5 heteroatoms. The number of rotatable bonds is 3. The highest BCUT2D eigenvalue weighted by atomic mass is 32.1. The van der Waals surface area contributed by atoms with Gasteiger partial charge < -0.3 is 9.84 Å². The van der Waals surface area contributed by atoms with Gasteiger partial charge in [-0.2, -0.15) is 0 Å². The Bertz CT molecular complexity index is 266. The zero-order valence-corrected chi connectivity index (χ0v) is 8.74. The number of morpholine rings is 1. The molecule has 1 fully saturated rings. The molecule has 1 aliphatic rings. The van der Waals surface area contributed by atoms with E-state index >= 15 is 0 Å². The molecule has 2 rings (SSSR count). The molecule has 1 unspecified atom stereocenters. The molecule has 0 spiro atoms. The van der Waals surface area contributed by atoms with E-state index in [1.54, 1.807) is 11.3 Å². The number of aromatic nitrogens is 1. The summed E-state index contributed by atoms with van der Waals surface area (Å²) < 4.78 is 5.31. The Kier molecular flexibility index (Phi) is 3.47. The Morgan fingerprint density at radius 2 is 2.64 bits per heavy atom. The normalized spacial score (nSPS) is 23.9. The molecule has 0 bridgehead atoms. The topological polar surface area (TPSA) is 45.6 Å². The SMILES string of the molecule is OCC1COCCN1Cc1cncs1. The Morgan fingerprint density at radius 3 is 3.36 bits per heavy atom. The minimum absolute atomic E-state index is 0.144. The minimum Gasteiger partial charge on any atom is -0.395 e. The summed E-state index contributed by atoms with van der Waals surface area (Å²) in [5.74, 6) is 0.